The van der Waals surface area contributed by atoms with Crippen LogP contribution in [-0.2, 0) is 17.9 Å². The van der Waals surface area contributed by atoms with Crippen LogP contribution in [0.15, 0.2) is 61.1 Å². The van der Waals surface area contributed by atoms with Crippen molar-refractivity contribution in [1.82, 2.24) is 14.5 Å². The highest BCUT2D eigenvalue weighted by atomic mass is 16.6. The summed E-state index contributed by atoms with van der Waals surface area (Å²) in [7, 11) is 2.03. The van der Waals surface area contributed by atoms with Crippen molar-refractivity contribution in [2.45, 2.75) is 32.5 Å². The zero-order valence-electron chi connectivity index (χ0n) is 19.6. The van der Waals surface area contributed by atoms with Crippen LogP contribution in [0.5, 0.6) is 5.75 Å². The molecule has 0 bridgehead atoms. The van der Waals surface area contributed by atoms with Gasteiger partial charge in [0.1, 0.15) is 18.2 Å². The minimum atomic E-state index is -0.312. The number of benzene rings is 2. The molecule has 4 rings (SSSR count). The number of carbonyl (C=O) groups is 1. The van der Waals surface area contributed by atoms with Crippen LogP contribution in [0.2, 0.25) is 0 Å². The van der Waals surface area contributed by atoms with E-state index in [1.54, 1.807) is 11.2 Å². The summed E-state index contributed by atoms with van der Waals surface area (Å²) >= 11 is 0. The lowest BCUT2D eigenvalue weighted by Crippen LogP contribution is -2.37. The monoisotopic (exact) mass is 459 g/mol. The Balaban J connectivity index is 1.34. The molecule has 0 radical (unpaired) electrons. The average Bonchev–Trinajstić information content (AvgIpc) is 3.54. The predicted molar refractivity (Wildman–Crippen MR) is 129 cm³/mol. The van der Waals surface area contributed by atoms with Crippen LogP contribution in [0.1, 0.15) is 30.0 Å². The largest absolute Gasteiger partial charge is 0.493 e. The first-order valence-electron chi connectivity index (χ1n) is 11.4. The molecule has 176 valence electrons. The van der Waals surface area contributed by atoms with Crippen LogP contribution in [-0.4, -0.2) is 53.3 Å². The predicted octanol–water partition coefficient (Wildman–Crippen LogP) is 4.05. The van der Waals surface area contributed by atoms with E-state index in [-0.39, 0.29) is 18.7 Å². The van der Waals surface area contributed by atoms with Gasteiger partial charge >= 0.3 is 6.09 Å². The van der Waals surface area contributed by atoms with Crippen molar-refractivity contribution in [1.29, 1.82) is 5.26 Å². The van der Waals surface area contributed by atoms with E-state index in [0.29, 0.717) is 31.8 Å². The maximum atomic E-state index is 12.7. The Kier molecular flexibility index (Phi) is 7.33. The molecule has 1 amide bonds. The number of rotatable bonds is 8. The smallest absolute Gasteiger partial charge is 0.410 e. The summed E-state index contributed by atoms with van der Waals surface area (Å²) in [6.45, 7) is 4.56. The van der Waals surface area contributed by atoms with Gasteiger partial charge in [-0.2, -0.15) is 5.26 Å². The second-order valence-electron chi connectivity index (χ2n) is 8.28. The van der Waals surface area contributed by atoms with Crippen molar-refractivity contribution in [3.05, 3.63) is 77.7 Å². The number of likely N-dealkylation sites (N-methyl/N-ethyl adjacent to an activating group) is 1. The second kappa shape index (κ2) is 10.8. The molecule has 1 aliphatic rings. The molecule has 8 nitrogen and oxygen atoms in total. The van der Waals surface area contributed by atoms with Crippen LogP contribution in [0.4, 0.5) is 10.6 Å². The number of anilines is 1. The Labute approximate surface area is 199 Å². The number of imidazole rings is 1. The molecule has 1 saturated heterocycles. The van der Waals surface area contributed by atoms with E-state index < -0.39 is 0 Å². The number of amides is 1. The van der Waals surface area contributed by atoms with Crippen LogP contribution in [0.3, 0.4) is 0 Å². The number of hydrogen-bond acceptors (Lipinski definition) is 6. The summed E-state index contributed by atoms with van der Waals surface area (Å²) in [5.41, 5.74) is 2.60. The summed E-state index contributed by atoms with van der Waals surface area (Å²) in [6, 6.07) is 17.5. The Bertz CT molecular complexity index is 1150. The van der Waals surface area contributed by atoms with E-state index >= 15 is 0 Å². The highest BCUT2D eigenvalue weighted by Gasteiger charge is 2.31. The molecule has 34 heavy (non-hydrogen) atoms. The first-order valence-corrected chi connectivity index (χ1v) is 11.4. The summed E-state index contributed by atoms with van der Waals surface area (Å²) in [4.78, 5) is 21.0. The number of nitrogens with zero attached hydrogens (tertiary/aromatic N) is 5. The van der Waals surface area contributed by atoms with Crippen molar-refractivity contribution in [2.24, 2.45) is 0 Å². The molecular formula is C26H29N5O3. The van der Waals surface area contributed by atoms with Gasteiger partial charge in [0.15, 0.2) is 0 Å². The van der Waals surface area contributed by atoms with Gasteiger partial charge in [-0.3, -0.25) is 0 Å². The molecule has 0 unspecified atom stereocenters. The summed E-state index contributed by atoms with van der Waals surface area (Å²) in [6.07, 6.45) is 4.19. The van der Waals surface area contributed by atoms with Gasteiger partial charge < -0.3 is 23.8 Å². The molecule has 2 heterocycles. The molecule has 2 aromatic carbocycles. The van der Waals surface area contributed by atoms with Crippen LogP contribution < -0.4 is 9.64 Å². The first-order chi connectivity index (χ1) is 16.6. The second-order valence-corrected chi connectivity index (χ2v) is 8.28. The van der Waals surface area contributed by atoms with E-state index in [1.807, 2.05) is 68.7 Å². The quantitative estimate of drug-likeness (QED) is 0.505. The van der Waals surface area contributed by atoms with Crippen LogP contribution >= 0.6 is 0 Å². The van der Waals surface area contributed by atoms with Crippen molar-refractivity contribution < 1.29 is 14.3 Å². The standard InChI is InChI=1S/C26H29N5O3/c1-3-33-24-7-5-4-6-22(24)18-34-26(32)30-13-12-23(17-30)29(2)25-15-28-19-31(25)16-21-10-8-20(14-27)9-11-21/h4-11,15,19,23H,3,12-13,16-18H2,1-2H3/t23-/m1/s1. The third-order valence-corrected chi connectivity index (χ3v) is 6.08. The van der Waals surface area contributed by atoms with Gasteiger partial charge in [0.2, 0.25) is 0 Å². The van der Waals surface area contributed by atoms with E-state index in [9.17, 15) is 4.79 Å². The van der Waals surface area contributed by atoms with Crippen molar-refractivity contribution in [3.8, 4) is 11.8 Å². The Morgan fingerprint density at radius 3 is 2.79 bits per heavy atom. The third kappa shape index (κ3) is 5.31. The van der Waals surface area contributed by atoms with E-state index in [4.69, 9.17) is 14.7 Å². The fourth-order valence-corrected chi connectivity index (χ4v) is 4.17. The molecule has 0 aliphatic carbocycles. The molecule has 1 atom stereocenters. The van der Waals surface area contributed by atoms with Gasteiger partial charge in [-0.05, 0) is 37.1 Å². The normalized spacial score (nSPS) is 15.1. The van der Waals surface area contributed by atoms with Gasteiger partial charge in [0, 0.05) is 31.7 Å². The summed E-state index contributed by atoms with van der Waals surface area (Å²) in [5.74, 6) is 1.72. The Morgan fingerprint density at radius 2 is 2.03 bits per heavy atom. The molecular weight excluding hydrogens is 430 g/mol. The molecule has 0 saturated carbocycles. The fourth-order valence-electron chi connectivity index (χ4n) is 4.17. The minimum Gasteiger partial charge on any atom is -0.493 e. The van der Waals surface area contributed by atoms with Gasteiger partial charge in [0.25, 0.3) is 0 Å². The van der Waals surface area contributed by atoms with Gasteiger partial charge in [0.05, 0.1) is 37.3 Å². The zero-order chi connectivity index (χ0) is 23.9. The summed E-state index contributed by atoms with van der Waals surface area (Å²) < 4.78 is 13.3. The zero-order valence-corrected chi connectivity index (χ0v) is 19.6. The maximum Gasteiger partial charge on any atom is 0.410 e. The summed E-state index contributed by atoms with van der Waals surface area (Å²) in [5, 5.41) is 8.99. The number of aromatic nitrogens is 2. The van der Waals surface area contributed by atoms with Crippen LogP contribution in [0.25, 0.3) is 0 Å². The molecule has 8 heteroatoms. The van der Waals surface area contributed by atoms with Crippen molar-refractivity contribution in [2.75, 3.05) is 31.6 Å². The van der Waals surface area contributed by atoms with Crippen molar-refractivity contribution >= 4 is 11.9 Å². The minimum absolute atomic E-state index is 0.166. The van der Waals surface area contributed by atoms with Crippen molar-refractivity contribution in [3.63, 3.8) is 0 Å². The average molecular weight is 460 g/mol. The van der Waals surface area contributed by atoms with Crippen LogP contribution in [0, 0.1) is 11.3 Å². The number of likely N-dealkylation sites (tertiary alicyclic amines) is 1. The SMILES string of the molecule is CCOc1ccccc1COC(=O)N1CC[C@@H](N(C)c2cncn2Cc2ccc(C#N)cc2)C1. The molecule has 1 fully saturated rings. The number of carbonyl (C=O) groups excluding carboxylic acids is 1. The van der Waals surface area contributed by atoms with Gasteiger partial charge in [-0.15, -0.1) is 0 Å². The maximum absolute atomic E-state index is 12.7. The Morgan fingerprint density at radius 1 is 1.24 bits per heavy atom. The van der Waals surface area contributed by atoms with E-state index in [0.717, 1.165) is 29.1 Å². The van der Waals surface area contributed by atoms with E-state index in [1.165, 1.54) is 0 Å². The first kappa shape index (κ1) is 23.2. The van der Waals surface area contributed by atoms with Gasteiger partial charge in [-0.25, -0.2) is 9.78 Å². The van der Waals surface area contributed by atoms with E-state index in [2.05, 4.69) is 20.5 Å². The highest BCUT2D eigenvalue weighted by Crippen LogP contribution is 2.24. The third-order valence-electron chi connectivity index (χ3n) is 6.08. The topological polar surface area (TPSA) is 83.6 Å². The molecule has 3 aromatic rings. The molecule has 0 spiro atoms. The lowest BCUT2D eigenvalue weighted by atomic mass is 10.1. The Hall–Kier alpha value is -3.99. The molecule has 1 aliphatic heterocycles. The molecule has 1 aromatic heterocycles. The highest BCUT2D eigenvalue weighted by molar-refractivity contribution is 5.68. The number of ether oxygens (including phenoxy) is 2. The lowest BCUT2D eigenvalue weighted by Gasteiger charge is -2.27. The fraction of sp³-hybridized carbons (Fsp3) is 0.346. The number of hydrogen-bond donors (Lipinski definition) is 0. The lowest BCUT2D eigenvalue weighted by molar-refractivity contribution is 0.103. The van der Waals surface area contributed by atoms with Gasteiger partial charge in [-0.1, -0.05) is 30.3 Å². The molecule has 0 N–H and O–H groups in total. The number of para-hydroxylation sites is 1. The number of nitriles is 1.